The summed E-state index contributed by atoms with van der Waals surface area (Å²) in [6.07, 6.45) is 3.07. The number of aliphatic hydroxyl groups excluding tert-OH is 1. The molecule has 0 spiro atoms. The van der Waals surface area contributed by atoms with E-state index in [0.29, 0.717) is 0 Å². The zero-order valence-electron chi connectivity index (χ0n) is 19.6. The molecule has 4 nitrogen and oxygen atoms in total. The second kappa shape index (κ2) is 10.6. The highest BCUT2D eigenvalue weighted by molar-refractivity contribution is 5.27. The third-order valence-corrected chi connectivity index (χ3v) is 6.37. The number of nitrogens with one attached hydrogen (secondary N) is 1. The lowest BCUT2D eigenvalue weighted by Crippen LogP contribution is -2.50. The molecule has 0 unspecified atom stereocenters. The molecule has 0 saturated carbocycles. The Balaban J connectivity index is 1.67. The van der Waals surface area contributed by atoms with E-state index in [4.69, 9.17) is 9.47 Å². The largest absolute Gasteiger partial charge is 0.491 e. The van der Waals surface area contributed by atoms with Gasteiger partial charge >= 0.3 is 0 Å². The van der Waals surface area contributed by atoms with Crippen LogP contribution in [0.4, 0.5) is 0 Å². The summed E-state index contributed by atoms with van der Waals surface area (Å²) >= 11 is 0. The molecule has 1 fully saturated rings. The van der Waals surface area contributed by atoms with Crippen LogP contribution in [0.5, 0.6) is 5.75 Å². The summed E-state index contributed by atoms with van der Waals surface area (Å²) in [5, 5.41) is 14.0. The van der Waals surface area contributed by atoms with Gasteiger partial charge in [-0.25, -0.2) is 0 Å². The first kappa shape index (κ1) is 23.8. The molecule has 2 aromatic carbocycles. The van der Waals surface area contributed by atoms with Gasteiger partial charge in [-0.2, -0.15) is 0 Å². The van der Waals surface area contributed by atoms with Crippen molar-refractivity contribution in [3.63, 3.8) is 0 Å². The van der Waals surface area contributed by atoms with Crippen LogP contribution in [-0.4, -0.2) is 36.6 Å². The minimum atomic E-state index is -0.174. The summed E-state index contributed by atoms with van der Waals surface area (Å²) in [4.78, 5) is 0. The number of aliphatic hydroxyl groups is 1. The molecule has 0 aromatic heterocycles. The van der Waals surface area contributed by atoms with Crippen molar-refractivity contribution in [3.8, 4) is 5.75 Å². The summed E-state index contributed by atoms with van der Waals surface area (Å²) in [7, 11) is 0. The second-order valence-corrected chi connectivity index (χ2v) is 9.88. The minimum Gasteiger partial charge on any atom is -0.491 e. The smallest absolute Gasteiger partial charge is 0.119 e. The van der Waals surface area contributed by atoms with Crippen LogP contribution in [0.1, 0.15) is 51.7 Å². The van der Waals surface area contributed by atoms with Crippen LogP contribution < -0.4 is 10.1 Å². The van der Waals surface area contributed by atoms with Crippen LogP contribution in [0.2, 0.25) is 0 Å². The zero-order chi connectivity index (χ0) is 22.3. The van der Waals surface area contributed by atoms with Gasteiger partial charge in [0.1, 0.15) is 5.75 Å². The molecule has 0 amide bonds. The molecule has 0 aliphatic carbocycles. The van der Waals surface area contributed by atoms with Gasteiger partial charge in [-0.3, -0.25) is 0 Å². The Morgan fingerprint density at radius 1 is 1.03 bits per heavy atom. The minimum absolute atomic E-state index is 0.0137. The standard InChI is InChI=1S/C27H39NO3/c1-21(2)31-25-12-10-23(11-13-25)17-28-18-24(19-29)27(14-15-30-26(3,4)20-27)16-22-8-6-5-7-9-22/h5-13,21,24,28-29H,14-20H2,1-4H3/t24-,27-/m0/s1. The van der Waals surface area contributed by atoms with Crippen molar-refractivity contribution >= 4 is 0 Å². The molecule has 0 bridgehead atoms. The number of ether oxygens (including phenoxy) is 2. The van der Waals surface area contributed by atoms with Crippen molar-refractivity contribution in [2.75, 3.05) is 19.8 Å². The summed E-state index contributed by atoms with van der Waals surface area (Å²) in [6.45, 7) is 10.9. The zero-order valence-corrected chi connectivity index (χ0v) is 19.6. The average molecular weight is 426 g/mol. The van der Waals surface area contributed by atoms with Crippen LogP contribution in [0.25, 0.3) is 0 Å². The lowest BCUT2D eigenvalue weighted by molar-refractivity contribution is -0.127. The van der Waals surface area contributed by atoms with Crippen molar-refractivity contribution in [2.24, 2.45) is 11.3 Å². The van der Waals surface area contributed by atoms with Gasteiger partial charge in [-0.15, -0.1) is 0 Å². The maximum absolute atomic E-state index is 10.4. The average Bonchev–Trinajstić information content (AvgIpc) is 2.72. The molecule has 3 rings (SSSR count). The van der Waals surface area contributed by atoms with Crippen LogP contribution >= 0.6 is 0 Å². The molecule has 170 valence electrons. The van der Waals surface area contributed by atoms with E-state index < -0.39 is 0 Å². The second-order valence-electron chi connectivity index (χ2n) is 9.88. The third-order valence-electron chi connectivity index (χ3n) is 6.37. The lowest BCUT2D eigenvalue weighted by atomic mass is 9.63. The van der Waals surface area contributed by atoms with E-state index in [1.807, 2.05) is 26.0 Å². The fourth-order valence-corrected chi connectivity index (χ4v) is 4.99. The van der Waals surface area contributed by atoms with Crippen LogP contribution in [0, 0.1) is 11.3 Å². The quantitative estimate of drug-likeness (QED) is 0.563. The van der Waals surface area contributed by atoms with Gasteiger partial charge in [-0.05, 0) is 75.6 Å². The molecule has 2 N–H and O–H groups in total. The van der Waals surface area contributed by atoms with Crippen molar-refractivity contribution in [1.29, 1.82) is 0 Å². The Labute approximate surface area is 188 Å². The molecule has 4 heteroatoms. The van der Waals surface area contributed by atoms with Crippen LogP contribution in [0.3, 0.4) is 0 Å². The summed E-state index contributed by atoms with van der Waals surface area (Å²) in [5.41, 5.74) is 2.39. The molecule has 2 aromatic rings. The van der Waals surface area contributed by atoms with E-state index in [1.54, 1.807) is 0 Å². The van der Waals surface area contributed by atoms with Crippen molar-refractivity contribution in [3.05, 3.63) is 65.7 Å². The Bertz CT molecular complexity index is 788. The molecule has 0 radical (unpaired) electrons. The highest BCUT2D eigenvalue weighted by Crippen LogP contribution is 2.46. The molecule has 1 heterocycles. The highest BCUT2D eigenvalue weighted by Gasteiger charge is 2.45. The first-order valence-corrected chi connectivity index (χ1v) is 11.6. The first-order valence-electron chi connectivity index (χ1n) is 11.6. The maximum atomic E-state index is 10.4. The summed E-state index contributed by atoms with van der Waals surface area (Å²) in [6, 6.07) is 18.9. The van der Waals surface area contributed by atoms with Crippen LogP contribution in [0.15, 0.2) is 54.6 Å². The van der Waals surface area contributed by atoms with E-state index in [1.165, 1.54) is 11.1 Å². The van der Waals surface area contributed by atoms with Gasteiger partial charge in [-0.1, -0.05) is 42.5 Å². The molecule has 1 aliphatic heterocycles. The SMILES string of the molecule is CC(C)Oc1ccc(CNC[C@@H](CO)[C@]2(Cc3ccccc3)CCOC(C)(C)C2)cc1. The Kier molecular flexibility index (Phi) is 8.15. The lowest BCUT2D eigenvalue weighted by Gasteiger charge is -2.49. The number of rotatable bonds is 10. The number of hydrogen-bond donors (Lipinski definition) is 2. The van der Waals surface area contributed by atoms with E-state index >= 15 is 0 Å². The molecular weight excluding hydrogens is 386 g/mol. The third kappa shape index (κ3) is 6.80. The normalized spacial score (nSPS) is 21.7. The van der Waals surface area contributed by atoms with Crippen LogP contribution in [-0.2, 0) is 17.7 Å². The van der Waals surface area contributed by atoms with Crippen molar-refractivity contribution in [1.82, 2.24) is 5.32 Å². The monoisotopic (exact) mass is 425 g/mol. The fraction of sp³-hybridized carbons (Fsp3) is 0.556. The van der Waals surface area contributed by atoms with Crippen molar-refractivity contribution < 1.29 is 14.6 Å². The predicted molar refractivity (Wildman–Crippen MR) is 126 cm³/mol. The van der Waals surface area contributed by atoms with Gasteiger partial charge in [0.25, 0.3) is 0 Å². The number of benzene rings is 2. The molecule has 31 heavy (non-hydrogen) atoms. The van der Waals surface area contributed by atoms with Gasteiger partial charge in [0.2, 0.25) is 0 Å². The summed E-state index contributed by atoms with van der Waals surface area (Å²) < 4.78 is 11.8. The van der Waals surface area contributed by atoms with E-state index in [2.05, 4.69) is 61.6 Å². The van der Waals surface area contributed by atoms with E-state index in [-0.39, 0.29) is 29.6 Å². The van der Waals surface area contributed by atoms with Crippen molar-refractivity contribution in [2.45, 2.75) is 65.2 Å². The predicted octanol–water partition coefficient (Wildman–Crippen LogP) is 4.99. The molecule has 1 aliphatic rings. The maximum Gasteiger partial charge on any atom is 0.119 e. The molecule has 1 saturated heterocycles. The Hall–Kier alpha value is -1.88. The molecule has 2 atom stereocenters. The number of hydrogen-bond acceptors (Lipinski definition) is 4. The Morgan fingerprint density at radius 3 is 2.35 bits per heavy atom. The van der Waals surface area contributed by atoms with Gasteiger partial charge in [0, 0.05) is 32.2 Å². The van der Waals surface area contributed by atoms with Gasteiger partial charge in [0.15, 0.2) is 0 Å². The summed E-state index contributed by atoms with van der Waals surface area (Å²) in [5.74, 6) is 1.07. The Morgan fingerprint density at radius 2 is 1.74 bits per heavy atom. The molecular formula is C27H39NO3. The fourth-order valence-electron chi connectivity index (χ4n) is 4.99. The highest BCUT2D eigenvalue weighted by atomic mass is 16.5. The van der Waals surface area contributed by atoms with E-state index in [9.17, 15) is 5.11 Å². The van der Waals surface area contributed by atoms with Gasteiger partial charge < -0.3 is 19.9 Å². The van der Waals surface area contributed by atoms with Gasteiger partial charge in [0.05, 0.1) is 11.7 Å². The van der Waals surface area contributed by atoms with E-state index in [0.717, 1.165) is 44.7 Å². The first-order chi connectivity index (χ1) is 14.8. The topological polar surface area (TPSA) is 50.7 Å².